The molecule has 0 aliphatic heterocycles. The first kappa shape index (κ1) is 31.5. The molecule has 1 aliphatic carbocycles. The standard InChI is InChI=1S/C33H34F2N10O2/c1-4-47-23-15-25(34)24(26(35)16-23)18-45-30(20-5-6-20)19(2)28(44-45)31-42-32(39-21-7-11-37-12-8-21)29(41-27(46)17-36-3)33(43-31)40-22-9-13-38-14-10-22/h7-16,20,36H,4-6,17-18H2,1-3H3,(H,41,46)(H2,37,38,39,40,42,43). The van der Waals surface area contributed by atoms with Gasteiger partial charge >= 0.3 is 0 Å². The van der Waals surface area contributed by atoms with Gasteiger partial charge in [0, 0.05) is 71.0 Å². The van der Waals surface area contributed by atoms with Crippen LogP contribution in [0.5, 0.6) is 5.75 Å². The van der Waals surface area contributed by atoms with Crippen LogP contribution in [0.3, 0.4) is 0 Å². The van der Waals surface area contributed by atoms with Gasteiger partial charge in [0.15, 0.2) is 17.5 Å². The monoisotopic (exact) mass is 640 g/mol. The van der Waals surface area contributed by atoms with E-state index in [0.717, 1.165) is 24.1 Å². The molecule has 5 aromatic rings. The molecule has 1 fully saturated rings. The van der Waals surface area contributed by atoms with Crippen LogP contribution in [-0.2, 0) is 11.3 Å². The Hall–Kier alpha value is -5.50. The van der Waals surface area contributed by atoms with E-state index in [-0.39, 0.29) is 42.1 Å². The molecule has 1 amide bonds. The van der Waals surface area contributed by atoms with E-state index in [4.69, 9.17) is 19.8 Å². The largest absolute Gasteiger partial charge is 0.494 e. The molecule has 0 spiro atoms. The summed E-state index contributed by atoms with van der Waals surface area (Å²) in [5.41, 5.74) is 3.65. The van der Waals surface area contributed by atoms with Crippen LogP contribution < -0.4 is 26.0 Å². The molecule has 14 heteroatoms. The highest BCUT2D eigenvalue weighted by atomic mass is 19.1. The first-order chi connectivity index (χ1) is 22.8. The molecule has 1 aromatic carbocycles. The van der Waals surface area contributed by atoms with Crippen molar-refractivity contribution in [2.45, 2.75) is 39.2 Å². The minimum Gasteiger partial charge on any atom is -0.494 e. The Bertz CT molecular complexity index is 1800. The number of amides is 1. The molecule has 6 rings (SSSR count). The zero-order chi connectivity index (χ0) is 32.9. The number of carbonyl (C=O) groups is 1. The summed E-state index contributed by atoms with van der Waals surface area (Å²) in [5.74, 6) is -0.573. The molecule has 1 saturated carbocycles. The molecule has 0 saturated heterocycles. The number of nitrogens with one attached hydrogen (secondary N) is 4. The predicted octanol–water partition coefficient (Wildman–Crippen LogP) is 5.69. The van der Waals surface area contributed by atoms with Crippen LogP contribution in [0.2, 0.25) is 0 Å². The van der Waals surface area contributed by atoms with Crippen molar-refractivity contribution < 1.29 is 18.3 Å². The van der Waals surface area contributed by atoms with Gasteiger partial charge < -0.3 is 26.0 Å². The van der Waals surface area contributed by atoms with Gasteiger partial charge in [-0.1, -0.05) is 0 Å². The Balaban J connectivity index is 1.48. The number of hydrogen-bond acceptors (Lipinski definition) is 10. The van der Waals surface area contributed by atoms with E-state index < -0.39 is 11.6 Å². The first-order valence-corrected chi connectivity index (χ1v) is 15.2. The van der Waals surface area contributed by atoms with E-state index in [1.807, 2.05) is 6.92 Å². The summed E-state index contributed by atoms with van der Waals surface area (Å²) >= 11 is 0. The molecule has 47 heavy (non-hydrogen) atoms. The van der Waals surface area contributed by atoms with Crippen LogP contribution in [-0.4, -0.2) is 55.8 Å². The van der Waals surface area contributed by atoms with Crippen LogP contribution in [0.15, 0.2) is 61.2 Å². The number of nitrogens with zero attached hydrogens (tertiary/aromatic N) is 6. The molecule has 242 valence electrons. The van der Waals surface area contributed by atoms with E-state index in [1.165, 1.54) is 12.1 Å². The van der Waals surface area contributed by atoms with Crippen molar-refractivity contribution in [1.82, 2.24) is 35.0 Å². The summed E-state index contributed by atoms with van der Waals surface area (Å²) in [5, 5.41) is 17.2. The van der Waals surface area contributed by atoms with Crippen molar-refractivity contribution in [2.24, 2.45) is 0 Å². The van der Waals surface area contributed by atoms with Crippen LogP contribution in [0.25, 0.3) is 11.5 Å². The third-order valence-electron chi connectivity index (χ3n) is 7.54. The summed E-state index contributed by atoms with van der Waals surface area (Å²) in [7, 11) is 1.67. The van der Waals surface area contributed by atoms with Crippen LogP contribution in [0.1, 0.15) is 42.5 Å². The fourth-order valence-corrected chi connectivity index (χ4v) is 5.26. The van der Waals surface area contributed by atoms with Gasteiger partial charge in [-0.15, -0.1) is 0 Å². The molecule has 0 bridgehead atoms. The molecular formula is C33H34F2N10O2. The highest BCUT2D eigenvalue weighted by Gasteiger charge is 2.33. The van der Waals surface area contributed by atoms with E-state index in [0.29, 0.717) is 41.0 Å². The van der Waals surface area contributed by atoms with Crippen molar-refractivity contribution in [3.05, 3.63) is 89.6 Å². The molecule has 4 N–H and O–H groups in total. The molecule has 0 atom stereocenters. The average Bonchev–Trinajstić information content (AvgIpc) is 3.84. The minimum atomic E-state index is -0.713. The highest BCUT2D eigenvalue weighted by Crippen LogP contribution is 2.44. The number of carbonyl (C=O) groups excluding carboxylic acids is 1. The summed E-state index contributed by atoms with van der Waals surface area (Å²) in [6, 6.07) is 9.44. The maximum absolute atomic E-state index is 15.2. The SMILES string of the molecule is CCOc1cc(F)c(Cn2nc(-c3nc(Nc4ccncc4)c(NC(=O)CNC)c(Nc4ccncc4)n3)c(C)c2C2CC2)c(F)c1. The van der Waals surface area contributed by atoms with Crippen LogP contribution in [0.4, 0.5) is 37.5 Å². The Labute approximate surface area is 270 Å². The fourth-order valence-electron chi connectivity index (χ4n) is 5.26. The van der Waals surface area contributed by atoms with E-state index in [2.05, 4.69) is 31.2 Å². The first-order valence-electron chi connectivity index (χ1n) is 15.2. The molecule has 0 unspecified atom stereocenters. The summed E-state index contributed by atoms with van der Waals surface area (Å²) in [4.78, 5) is 30.7. The topological polar surface area (TPSA) is 144 Å². The smallest absolute Gasteiger partial charge is 0.238 e. The molecule has 1 aliphatic rings. The van der Waals surface area contributed by atoms with Gasteiger partial charge in [0.25, 0.3) is 0 Å². The van der Waals surface area contributed by atoms with Crippen molar-refractivity contribution >= 4 is 34.6 Å². The van der Waals surface area contributed by atoms with Crippen molar-refractivity contribution in [3.63, 3.8) is 0 Å². The van der Waals surface area contributed by atoms with Crippen LogP contribution in [0, 0.1) is 18.6 Å². The zero-order valence-corrected chi connectivity index (χ0v) is 26.1. The molecule has 12 nitrogen and oxygen atoms in total. The lowest BCUT2D eigenvalue weighted by Crippen LogP contribution is -2.26. The molecular weight excluding hydrogens is 606 g/mol. The molecule has 0 radical (unpaired) electrons. The van der Waals surface area contributed by atoms with Crippen molar-refractivity contribution in [2.75, 3.05) is 36.1 Å². The number of rotatable bonds is 13. The number of hydrogen-bond donors (Lipinski definition) is 4. The van der Waals surface area contributed by atoms with Crippen molar-refractivity contribution in [3.8, 4) is 17.3 Å². The maximum atomic E-state index is 15.2. The summed E-state index contributed by atoms with van der Waals surface area (Å²) < 4.78 is 37.3. The number of aromatic nitrogens is 6. The Morgan fingerprint density at radius 3 is 2.04 bits per heavy atom. The normalized spacial score (nSPS) is 12.5. The number of halogens is 2. The van der Waals surface area contributed by atoms with E-state index >= 15 is 8.78 Å². The predicted molar refractivity (Wildman–Crippen MR) is 174 cm³/mol. The second-order valence-corrected chi connectivity index (χ2v) is 11.0. The Kier molecular flexibility index (Phi) is 9.29. The van der Waals surface area contributed by atoms with Gasteiger partial charge in [-0.2, -0.15) is 5.10 Å². The summed E-state index contributed by atoms with van der Waals surface area (Å²) in [6.07, 6.45) is 8.39. The number of benzene rings is 1. The lowest BCUT2D eigenvalue weighted by Gasteiger charge is -2.18. The third kappa shape index (κ3) is 7.17. The number of anilines is 5. The minimum absolute atomic E-state index is 0.0536. The Morgan fingerprint density at radius 1 is 0.957 bits per heavy atom. The lowest BCUT2D eigenvalue weighted by atomic mass is 10.1. The second-order valence-electron chi connectivity index (χ2n) is 11.0. The van der Waals surface area contributed by atoms with Gasteiger partial charge in [0.05, 0.1) is 19.7 Å². The van der Waals surface area contributed by atoms with Gasteiger partial charge in [-0.3, -0.25) is 19.4 Å². The van der Waals surface area contributed by atoms with E-state index in [1.54, 1.807) is 67.7 Å². The quantitative estimate of drug-likeness (QED) is 0.127. The number of ether oxygens (including phenoxy) is 1. The Morgan fingerprint density at radius 2 is 1.53 bits per heavy atom. The van der Waals surface area contributed by atoms with Crippen LogP contribution >= 0.6 is 0 Å². The molecule has 4 aromatic heterocycles. The number of likely N-dealkylation sites (N-methyl/N-ethyl adjacent to an activating group) is 1. The second kappa shape index (κ2) is 13.9. The van der Waals surface area contributed by atoms with Gasteiger partial charge in [0.1, 0.15) is 28.8 Å². The maximum Gasteiger partial charge on any atom is 0.238 e. The highest BCUT2D eigenvalue weighted by molar-refractivity contribution is 5.99. The average molecular weight is 641 g/mol. The van der Waals surface area contributed by atoms with Gasteiger partial charge in [-0.25, -0.2) is 18.7 Å². The summed E-state index contributed by atoms with van der Waals surface area (Å²) in [6.45, 7) is 3.88. The fraction of sp³-hybridized carbons (Fsp3) is 0.273. The van der Waals surface area contributed by atoms with Gasteiger partial charge in [0.2, 0.25) is 5.91 Å². The van der Waals surface area contributed by atoms with Gasteiger partial charge in [-0.05, 0) is 58.0 Å². The lowest BCUT2D eigenvalue weighted by molar-refractivity contribution is -0.115. The van der Waals surface area contributed by atoms with E-state index in [9.17, 15) is 4.79 Å². The molecule has 4 heterocycles. The third-order valence-corrected chi connectivity index (χ3v) is 7.54. The van der Waals surface area contributed by atoms with Crippen molar-refractivity contribution in [1.29, 1.82) is 0 Å². The number of pyridine rings is 2. The zero-order valence-electron chi connectivity index (χ0n) is 26.1.